The molecule has 1 aromatic heterocycles. The predicted octanol–water partition coefficient (Wildman–Crippen LogP) is 5.00. The van der Waals surface area contributed by atoms with Gasteiger partial charge in [0.1, 0.15) is 18.5 Å². The van der Waals surface area contributed by atoms with Crippen molar-refractivity contribution in [3.05, 3.63) is 94.3 Å². The van der Waals surface area contributed by atoms with Crippen LogP contribution in [-0.2, 0) is 16.7 Å². The van der Waals surface area contributed by atoms with Crippen LogP contribution in [0.15, 0.2) is 59.8 Å². The molecule has 0 bridgehead atoms. The molecule has 1 heterocycles. The number of rotatable bonds is 5. The molecule has 2 aliphatic carbocycles. The smallest absolute Gasteiger partial charge is 0.159 e. The molecule has 2 aliphatic rings. The number of fused-ring (bicyclic) bond motifs is 1. The monoisotopic (exact) mass is 405 g/mol. The van der Waals surface area contributed by atoms with Crippen molar-refractivity contribution in [3.8, 4) is 0 Å². The molecule has 0 aliphatic heterocycles. The summed E-state index contributed by atoms with van der Waals surface area (Å²) in [6.07, 6.45) is 6.78. The summed E-state index contributed by atoms with van der Waals surface area (Å²) in [5.41, 5.74) is 4.64. The van der Waals surface area contributed by atoms with Crippen molar-refractivity contribution in [1.29, 1.82) is 0 Å². The van der Waals surface area contributed by atoms with Crippen LogP contribution in [0.4, 0.5) is 8.78 Å². The molecule has 0 saturated heterocycles. The SMILES string of the molecule is CON=C(c1n[nH]c2c1C=CC(c1ccccc1)(c1ccc(F)c(F)c1)C2)C1CC1. The minimum atomic E-state index is -0.851. The minimum absolute atomic E-state index is 0.373. The van der Waals surface area contributed by atoms with E-state index in [1.54, 1.807) is 13.2 Å². The number of benzene rings is 2. The number of hydrogen-bond acceptors (Lipinski definition) is 3. The van der Waals surface area contributed by atoms with Crippen molar-refractivity contribution in [2.45, 2.75) is 24.7 Å². The largest absolute Gasteiger partial charge is 0.399 e. The fourth-order valence-electron chi connectivity index (χ4n) is 4.30. The lowest BCUT2D eigenvalue weighted by Gasteiger charge is -2.34. The zero-order valence-electron chi connectivity index (χ0n) is 16.5. The molecule has 0 spiro atoms. The van der Waals surface area contributed by atoms with Gasteiger partial charge in [-0.3, -0.25) is 5.10 Å². The Balaban J connectivity index is 1.64. The van der Waals surface area contributed by atoms with Crippen LogP contribution >= 0.6 is 0 Å². The number of halogens is 2. The maximum Gasteiger partial charge on any atom is 0.159 e. The van der Waals surface area contributed by atoms with Crippen molar-refractivity contribution in [2.24, 2.45) is 11.1 Å². The quantitative estimate of drug-likeness (QED) is 0.480. The molecule has 2 aromatic carbocycles. The maximum atomic E-state index is 14.2. The summed E-state index contributed by atoms with van der Waals surface area (Å²) in [5.74, 6) is -1.33. The standard InChI is InChI=1S/C24H21F2N3O/c1-30-29-22(15-7-8-15)23-18-11-12-24(14-21(18)27-28-23,16-5-3-2-4-6-16)17-9-10-19(25)20(26)13-17/h2-6,9-13,15H,7-8,14H2,1H3,(H,27,28). The molecule has 4 nitrogen and oxygen atoms in total. The Hall–Kier alpha value is -3.28. The van der Waals surface area contributed by atoms with E-state index in [-0.39, 0.29) is 0 Å². The first-order valence-corrected chi connectivity index (χ1v) is 10.0. The summed E-state index contributed by atoms with van der Waals surface area (Å²) in [6.45, 7) is 0. The molecule has 1 N–H and O–H groups in total. The van der Waals surface area contributed by atoms with Gasteiger partial charge < -0.3 is 4.84 Å². The highest BCUT2D eigenvalue weighted by molar-refractivity contribution is 6.04. The summed E-state index contributed by atoms with van der Waals surface area (Å²) < 4.78 is 27.8. The van der Waals surface area contributed by atoms with E-state index in [1.807, 2.05) is 36.4 Å². The normalized spacial score (nSPS) is 20.8. The Labute approximate surface area is 173 Å². The molecule has 0 amide bonds. The van der Waals surface area contributed by atoms with Crippen LogP contribution in [0.5, 0.6) is 0 Å². The molecule has 1 unspecified atom stereocenters. The highest BCUT2D eigenvalue weighted by Crippen LogP contribution is 2.43. The first kappa shape index (κ1) is 18.7. The van der Waals surface area contributed by atoms with Gasteiger partial charge in [0.05, 0.1) is 0 Å². The zero-order chi connectivity index (χ0) is 20.7. The zero-order valence-corrected chi connectivity index (χ0v) is 16.5. The van der Waals surface area contributed by atoms with Crippen LogP contribution in [0, 0.1) is 17.6 Å². The van der Waals surface area contributed by atoms with Crippen LogP contribution in [0.3, 0.4) is 0 Å². The minimum Gasteiger partial charge on any atom is -0.399 e. The third-order valence-electron chi connectivity index (χ3n) is 5.99. The molecule has 0 radical (unpaired) electrons. The number of H-pyrrole nitrogens is 1. The van der Waals surface area contributed by atoms with E-state index >= 15 is 0 Å². The second-order valence-corrected chi connectivity index (χ2v) is 7.87. The highest BCUT2D eigenvalue weighted by atomic mass is 19.2. The summed E-state index contributed by atoms with van der Waals surface area (Å²) >= 11 is 0. The second-order valence-electron chi connectivity index (χ2n) is 7.87. The second kappa shape index (κ2) is 7.20. The van der Waals surface area contributed by atoms with Crippen LogP contribution < -0.4 is 0 Å². The lowest BCUT2D eigenvalue weighted by Crippen LogP contribution is -2.31. The van der Waals surface area contributed by atoms with Crippen molar-refractivity contribution in [1.82, 2.24) is 10.2 Å². The van der Waals surface area contributed by atoms with Gasteiger partial charge in [0.2, 0.25) is 0 Å². The topological polar surface area (TPSA) is 50.3 Å². The molecule has 6 heteroatoms. The van der Waals surface area contributed by atoms with Gasteiger partial charge in [0.15, 0.2) is 11.6 Å². The number of aromatic amines is 1. The third kappa shape index (κ3) is 3.03. The third-order valence-corrected chi connectivity index (χ3v) is 5.99. The maximum absolute atomic E-state index is 14.2. The number of aromatic nitrogens is 2. The van der Waals surface area contributed by atoms with Crippen LogP contribution in [0.2, 0.25) is 0 Å². The van der Waals surface area contributed by atoms with E-state index in [9.17, 15) is 8.78 Å². The predicted molar refractivity (Wildman–Crippen MR) is 111 cm³/mol. The van der Waals surface area contributed by atoms with E-state index in [0.717, 1.165) is 41.1 Å². The lowest BCUT2D eigenvalue weighted by molar-refractivity contribution is 0.212. The van der Waals surface area contributed by atoms with E-state index < -0.39 is 17.0 Å². The molecule has 30 heavy (non-hydrogen) atoms. The van der Waals surface area contributed by atoms with Gasteiger partial charge in [0.25, 0.3) is 0 Å². The van der Waals surface area contributed by atoms with Gasteiger partial charge in [-0.05, 0) is 36.1 Å². The molecule has 1 saturated carbocycles. The Morgan fingerprint density at radius 1 is 1.10 bits per heavy atom. The number of oxime groups is 1. The summed E-state index contributed by atoms with van der Waals surface area (Å²) in [6, 6.07) is 14.0. The van der Waals surface area contributed by atoms with E-state index in [1.165, 1.54) is 12.1 Å². The molecule has 1 fully saturated rings. The molecular formula is C24H21F2N3O. The number of allylic oxidation sites excluding steroid dienone is 1. The fourth-order valence-corrected chi connectivity index (χ4v) is 4.30. The Morgan fingerprint density at radius 3 is 2.60 bits per heavy atom. The van der Waals surface area contributed by atoms with Crippen molar-refractivity contribution < 1.29 is 13.6 Å². The Bertz CT molecular complexity index is 1150. The van der Waals surface area contributed by atoms with E-state index in [0.29, 0.717) is 17.9 Å². The lowest BCUT2D eigenvalue weighted by atomic mass is 9.68. The summed E-state index contributed by atoms with van der Waals surface area (Å²) in [7, 11) is 1.54. The van der Waals surface area contributed by atoms with Crippen molar-refractivity contribution >= 4 is 11.8 Å². The number of hydrogen-bond donors (Lipinski definition) is 1. The Kier molecular flexibility index (Phi) is 4.50. The highest BCUT2D eigenvalue weighted by Gasteiger charge is 2.39. The fraction of sp³-hybridized carbons (Fsp3) is 0.250. The average molecular weight is 405 g/mol. The summed E-state index contributed by atoms with van der Waals surface area (Å²) in [5, 5.41) is 11.9. The van der Waals surface area contributed by atoms with Crippen molar-refractivity contribution in [3.63, 3.8) is 0 Å². The molecule has 152 valence electrons. The molecule has 3 aromatic rings. The average Bonchev–Trinajstić information content (AvgIpc) is 3.53. The van der Waals surface area contributed by atoms with Crippen LogP contribution in [0.25, 0.3) is 6.08 Å². The van der Waals surface area contributed by atoms with Crippen molar-refractivity contribution in [2.75, 3.05) is 7.11 Å². The van der Waals surface area contributed by atoms with Gasteiger partial charge in [-0.25, -0.2) is 8.78 Å². The Morgan fingerprint density at radius 2 is 1.90 bits per heavy atom. The van der Waals surface area contributed by atoms with E-state index in [4.69, 9.17) is 4.84 Å². The van der Waals surface area contributed by atoms with Crippen LogP contribution in [-0.4, -0.2) is 23.0 Å². The van der Waals surface area contributed by atoms with Gasteiger partial charge in [-0.15, -0.1) is 0 Å². The first-order valence-electron chi connectivity index (χ1n) is 10.0. The molecular weight excluding hydrogens is 384 g/mol. The van der Waals surface area contributed by atoms with E-state index in [2.05, 4.69) is 21.4 Å². The molecule has 1 atom stereocenters. The van der Waals surface area contributed by atoms with Gasteiger partial charge >= 0.3 is 0 Å². The first-order chi connectivity index (χ1) is 14.6. The number of nitrogens with zero attached hydrogens (tertiary/aromatic N) is 2. The number of nitrogens with one attached hydrogen (secondary N) is 1. The molecule has 5 rings (SSSR count). The summed E-state index contributed by atoms with van der Waals surface area (Å²) in [4.78, 5) is 5.06. The van der Waals surface area contributed by atoms with Gasteiger partial charge in [-0.1, -0.05) is 53.7 Å². The van der Waals surface area contributed by atoms with Crippen LogP contribution in [0.1, 0.15) is 40.9 Å². The van der Waals surface area contributed by atoms with Gasteiger partial charge in [0, 0.05) is 29.0 Å². The van der Waals surface area contributed by atoms with Gasteiger partial charge in [-0.2, -0.15) is 5.10 Å².